The van der Waals surface area contributed by atoms with Crippen LogP contribution in [0.3, 0.4) is 0 Å². The number of rotatable bonds is 2. The van der Waals surface area contributed by atoms with Gasteiger partial charge >= 0.3 is 0 Å². The number of hydrogen-bond acceptors (Lipinski definition) is 2. The van der Waals surface area contributed by atoms with E-state index in [0.717, 1.165) is 5.56 Å². The van der Waals surface area contributed by atoms with Crippen molar-refractivity contribution in [3.8, 4) is 0 Å². The molecule has 0 atom stereocenters. The van der Waals surface area contributed by atoms with Gasteiger partial charge in [-0.05, 0) is 30.7 Å². The molecule has 3 aromatic rings. The molecule has 0 aliphatic rings. The highest BCUT2D eigenvalue weighted by molar-refractivity contribution is 6.31. The molecule has 5 heteroatoms. The van der Waals surface area contributed by atoms with Gasteiger partial charge in [-0.15, -0.1) is 0 Å². The molecule has 0 aliphatic carbocycles. The Morgan fingerprint density at radius 3 is 2.55 bits per heavy atom. The highest BCUT2D eigenvalue weighted by Crippen LogP contribution is 2.23. The Morgan fingerprint density at radius 1 is 1.14 bits per heavy atom. The minimum atomic E-state index is -0.565. The molecule has 1 aromatic heterocycles. The number of halogens is 1. The van der Waals surface area contributed by atoms with Crippen LogP contribution in [0.15, 0.2) is 48.7 Å². The van der Waals surface area contributed by atoms with E-state index in [1.807, 2.05) is 6.92 Å². The second-order valence-electron chi connectivity index (χ2n) is 5.06. The molecule has 1 amide bonds. The molecule has 0 radical (unpaired) electrons. The molecule has 0 bridgehead atoms. The fourth-order valence-electron chi connectivity index (χ4n) is 2.41. The number of fused-ring (bicyclic) bond motifs is 1. The van der Waals surface area contributed by atoms with Crippen LogP contribution in [-0.4, -0.2) is 16.4 Å². The second kappa shape index (κ2) is 5.31. The third kappa shape index (κ3) is 2.27. The number of hydrogen-bond donors (Lipinski definition) is 1. The molecule has 22 heavy (non-hydrogen) atoms. The summed E-state index contributed by atoms with van der Waals surface area (Å²) in [4.78, 5) is 24.3. The zero-order chi connectivity index (χ0) is 15.9. The number of aryl methyl sites for hydroxylation is 1. The van der Waals surface area contributed by atoms with E-state index in [1.165, 1.54) is 10.8 Å². The highest BCUT2D eigenvalue weighted by atomic mass is 35.5. The summed E-state index contributed by atoms with van der Waals surface area (Å²) in [6.45, 7) is 1.87. The number of nitrogens with two attached hydrogens (primary N) is 1. The first-order valence-corrected chi connectivity index (χ1v) is 7.07. The largest absolute Gasteiger partial charge is 0.366 e. The van der Waals surface area contributed by atoms with Gasteiger partial charge in [0.15, 0.2) is 0 Å². The SMILES string of the molecule is Cc1ccc(C(=O)n2cc(C(N)=O)c3ccccc32)cc1Cl. The van der Waals surface area contributed by atoms with Crippen LogP contribution in [0.2, 0.25) is 5.02 Å². The van der Waals surface area contributed by atoms with Gasteiger partial charge in [0, 0.05) is 22.2 Å². The molecular weight excluding hydrogens is 300 g/mol. The van der Waals surface area contributed by atoms with Gasteiger partial charge in [0.2, 0.25) is 0 Å². The Hall–Kier alpha value is -2.59. The molecule has 3 rings (SSSR count). The number of nitrogens with zero attached hydrogens (tertiary/aromatic N) is 1. The van der Waals surface area contributed by atoms with E-state index in [0.29, 0.717) is 27.1 Å². The van der Waals surface area contributed by atoms with E-state index in [9.17, 15) is 9.59 Å². The fourth-order valence-corrected chi connectivity index (χ4v) is 2.59. The van der Waals surface area contributed by atoms with Gasteiger partial charge in [-0.3, -0.25) is 14.2 Å². The molecule has 0 aliphatic heterocycles. The van der Waals surface area contributed by atoms with Crippen LogP contribution in [-0.2, 0) is 0 Å². The fraction of sp³-hybridized carbons (Fsp3) is 0.0588. The van der Waals surface area contributed by atoms with E-state index in [4.69, 9.17) is 17.3 Å². The molecule has 1 heterocycles. The number of carbonyl (C=O) groups excluding carboxylic acids is 2. The zero-order valence-electron chi connectivity index (χ0n) is 11.8. The maximum Gasteiger partial charge on any atom is 0.262 e. The molecule has 2 N–H and O–H groups in total. The number of primary amides is 1. The third-order valence-electron chi connectivity index (χ3n) is 3.61. The minimum absolute atomic E-state index is 0.259. The average molecular weight is 313 g/mol. The third-order valence-corrected chi connectivity index (χ3v) is 4.02. The Bertz CT molecular complexity index is 912. The lowest BCUT2D eigenvalue weighted by Gasteiger charge is -2.06. The topological polar surface area (TPSA) is 65.1 Å². The lowest BCUT2D eigenvalue weighted by Crippen LogP contribution is -2.12. The van der Waals surface area contributed by atoms with Crippen molar-refractivity contribution in [1.29, 1.82) is 0 Å². The van der Waals surface area contributed by atoms with Crippen molar-refractivity contribution in [3.63, 3.8) is 0 Å². The molecule has 4 nitrogen and oxygen atoms in total. The molecule has 0 saturated carbocycles. The quantitative estimate of drug-likeness (QED) is 0.788. The lowest BCUT2D eigenvalue weighted by molar-refractivity contribution is 0.0965. The van der Waals surface area contributed by atoms with Crippen LogP contribution in [0.25, 0.3) is 10.9 Å². The molecule has 2 aromatic carbocycles. The number of para-hydroxylation sites is 1. The van der Waals surface area contributed by atoms with Crippen LogP contribution in [0, 0.1) is 6.92 Å². The minimum Gasteiger partial charge on any atom is -0.366 e. The number of carbonyl (C=O) groups is 2. The van der Waals surface area contributed by atoms with E-state index in [-0.39, 0.29) is 5.91 Å². The first kappa shape index (κ1) is 14.4. The van der Waals surface area contributed by atoms with E-state index in [2.05, 4.69) is 0 Å². The van der Waals surface area contributed by atoms with Crippen molar-refractivity contribution in [1.82, 2.24) is 4.57 Å². The summed E-state index contributed by atoms with van der Waals surface area (Å²) in [5.41, 5.74) is 7.70. The van der Waals surface area contributed by atoms with Gasteiger partial charge in [-0.2, -0.15) is 0 Å². The first-order chi connectivity index (χ1) is 10.5. The van der Waals surface area contributed by atoms with Crippen LogP contribution in [0.4, 0.5) is 0 Å². The van der Waals surface area contributed by atoms with E-state index >= 15 is 0 Å². The van der Waals surface area contributed by atoms with Crippen LogP contribution >= 0.6 is 11.6 Å². The Kier molecular flexibility index (Phi) is 3.47. The van der Waals surface area contributed by atoms with Gasteiger partial charge in [0.25, 0.3) is 11.8 Å². The Balaban J connectivity index is 2.19. The van der Waals surface area contributed by atoms with Crippen molar-refractivity contribution >= 4 is 34.3 Å². The van der Waals surface area contributed by atoms with E-state index in [1.54, 1.807) is 42.5 Å². The summed E-state index contributed by atoms with van der Waals surface area (Å²) in [5, 5.41) is 1.18. The molecule has 0 saturated heterocycles. The number of benzene rings is 2. The highest BCUT2D eigenvalue weighted by Gasteiger charge is 2.17. The van der Waals surface area contributed by atoms with E-state index < -0.39 is 5.91 Å². The van der Waals surface area contributed by atoms with Gasteiger partial charge < -0.3 is 5.73 Å². The summed E-state index contributed by atoms with van der Waals surface area (Å²) < 4.78 is 1.43. The molecule has 0 unspecified atom stereocenters. The molecular formula is C17H13ClN2O2. The van der Waals surface area contributed by atoms with Crippen molar-refractivity contribution < 1.29 is 9.59 Å². The van der Waals surface area contributed by atoms with Gasteiger partial charge in [-0.1, -0.05) is 35.9 Å². The van der Waals surface area contributed by atoms with Crippen LogP contribution in [0.1, 0.15) is 26.3 Å². The summed E-state index contributed by atoms with van der Waals surface area (Å²) in [6.07, 6.45) is 1.48. The predicted octanol–water partition coefficient (Wildman–Crippen LogP) is 3.39. The number of aromatic nitrogens is 1. The Labute approximate surface area is 132 Å². The molecule has 110 valence electrons. The van der Waals surface area contributed by atoms with Crippen LogP contribution in [0.5, 0.6) is 0 Å². The molecule has 0 spiro atoms. The van der Waals surface area contributed by atoms with Crippen molar-refractivity contribution in [2.24, 2.45) is 5.73 Å². The smallest absolute Gasteiger partial charge is 0.262 e. The van der Waals surface area contributed by atoms with Gasteiger partial charge in [0.05, 0.1) is 11.1 Å². The summed E-state index contributed by atoms with van der Waals surface area (Å²) in [5.74, 6) is -0.824. The second-order valence-corrected chi connectivity index (χ2v) is 5.47. The van der Waals surface area contributed by atoms with Crippen molar-refractivity contribution in [2.75, 3.05) is 0 Å². The zero-order valence-corrected chi connectivity index (χ0v) is 12.6. The maximum atomic E-state index is 12.7. The summed E-state index contributed by atoms with van der Waals surface area (Å²) in [6, 6.07) is 12.3. The van der Waals surface area contributed by atoms with Crippen molar-refractivity contribution in [3.05, 3.63) is 70.4 Å². The summed E-state index contributed by atoms with van der Waals surface area (Å²) >= 11 is 6.08. The standard InChI is InChI=1S/C17H13ClN2O2/c1-10-6-7-11(8-14(10)18)17(22)20-9-13(16(19)21)12-4-2-3-5-15(12)20/h2-9H,1H3,(H2,19,21). The monoisotopic (exact) mass is 312 g/mol. The Morgan fingerprint density at radius 2 is 1.86 bits per heavy atom. The predicted molar refractivity (Wildman–Crippen MR) is 86.4 cm³/mol. The normalized spacial score (nSPS) is 10.8. The van der Waals surface area contributed by atoms with Gasteiger partial charge in [0.1, 0.15) is 0 Å². The molecule has 0 fully saturated rings. The first-order valence-electron chi connectivity index (χ1n) is 6.70. The number of amides is 1. The average Bonchev–Trinajstić information content (AvgIpc) is 2.89. The van der Waals surface area contributed by atoms with Gasteiger partial charge in [-0.25, -0.2) is 0 Å². The van der Waals surface area contributed by atoms with Crippen LogP contribution < -0.4 is 5.73 Å². The lowest BCUT2D eigenvalue weighted by atomic mass is 10.1. The maximum absolute atomic E-state index is 12.7. The van der Waals surface area contributed by atoms with Crippen molar-refractivity contribution in [2.45, 2.75) is 6.92 Å². The summed E-state index contributed by atoms with van der Waals surface area (Å²) in [7, 11) is 0.